The molecule has 0 aliphatic rings. The van der Waals surface area contributed by atoms with Crippen molar-refractivity contribution in [3.05, 3.63) is 109 Å². The zero-order valence-electron chi connectivity index (χ0n) is 26.0. The Morgan fingerprint density at radius 1 is 1.00 bits per heavy atom. The SMILES string of the molecule is C=C=C(N=C(/C=C\C)NC(C)=O)c1ccccc1.C=C=Cc1ccccc1.CCCC(CC)CC(C)CC.CP. The van der Waals surface area contributed by atoms with E-state index in [1.807, 2.05) is 80.3 Å². The molecule has 0 spiro atoms. The van der Waals surface area contributed by atoms with Crippen LogP contribution >= 0.6 is 9.24 Å². The Morgan fingerprint density at radius 3 is 2.00 bits per heavy atom. The predicted molar refractivity (Wildman–Crippen MR) is 183 cm³/mol. The Hall–Kier alpha value is -3.21. The molecule has 218 valence electrons. The molecule has 1 amide bonds. The Balaban J connectivity index is 0. The Morgan fingerprint density at radius 2 is 1.57 bits per heavy atom. The highest BCUT2D eigenvalue weighted by atomic mass is 31.0. The van der Waals surface area contributed by atoms with E-state index in [1.165, 1.54) is 39.0 Å². The molecule has 0 aliphatic heterocycles. The highest BCUT2D eigenvalue weighted by Crippen LogP contribution is 2.21. The summed E-state index contributed by atoms with van der Waals surface area (Å²) in [5.41, 5.74) is 8.13. The van der Waals surface area contributed by atoms with E-state index in [-0.39, 0.29) is 5.91 Å². The van der Waals surface area contributed by atoms with Gasteiger partial charge < -0.3 is 5.32 Å². The summed E-state index contributed by atoms with van der Waals surface area (Å²) in [6, 6.07) is 19.6. The molecule has 0 radical (unpaired) electrons. The molecule has 4 heteroatoms. The smallest absolute Gasteiger partial charge is 0.222 e. The molecule has 2 aromatic carbocycles. The van der Waals surface area contributed by atoms with Gasteiger partial charge in [-0.2, -0.15) is 0 Å². The number of amides is 1. The molecule has 2 aromatic rings. The van der Waals surface area contributed by atoms with E-state index in [9.17, 15) is 4.79 Å². The second kappa shape index (κ2) is 27.4. The second-order valence-corrected chi connectivity index (χ2v) is 9.14. The van der Waals surface area contributed by atoms with Gasteiger partial charge in [-0.05, 0) is 42.9 Å². The maximum atomic E-state index is 11.1. The van der Waals surface area contributed by atoms with Gasteiger partial charge in [0.15, 0.2) is 0 Å². The number of carbonyl (C=O) groups excluding carboxylic acids is 1. The zero-order valence-corrected chi connectivity index (χ0v) is 27.2. The Labute approximate surface area is 248 Å². The number of nitrogens with one attached hydrogen (secondary N) is 1. The van der Waals surface area contributed by atoms with Gasteiger partial charge in [-0.1, -0.05) is 140 Å². The lowest BCUT2D eigenvalue weighted by Crippen LogP contribution is -2.26. The normalized spacial score (nSPS) is 11.4. The average molecular weight is 561 g/mol. The van der Waals surface area contributed by atoms with E-state index in [1.54, 1.807) is 12.2 Å². The Kier molecular flexibility index (Phi) is 26.6. The van der Waals surface area contributed by atoms with Gasteiger partial charge in [0.25, 0.3) is 0 Å². The van der Waals surface area contributed by atoms with E-state index >= 15 is 0 Å². The third-order valence-electron chi connectivity index (χ3n) is 5.85. The molecule has 0 saturated heterocycles. The average Bonchev–Trinajstić information content (AvgIpc) is 2.98. The minimum Gasteiger partial charge on any atom is -0.311 e. The van der Waals surface area contributed by atoms with Gasteiger partial charge >= 0.3 is 0 Å². The van der Waals surface area contributed by atoms with Crippen molar-refractivity contribution in [3.8, 4) is 0 Å². The minimum atomic E-state index is -0.164. The van der Waals surface area contributed by atoms with Crippen LogP contribution in [0.3, 0.4) is 0 Å². The molecule has 0 fully saturated rings. The summed E-state index contributed by atoms with van der Waals surface area (Å²) >= 11 is 0. The van der Waals surface area contributed by atoms with Gasteiger partial charge in [-0.15, -0.1) is 20.7 Å². The van der Waals surface area contributed by atoms with Gasteiger partial charge in [-0.3, -0.25) is 4.79 Å². The van der Waals surface area contributed by atoms with Crippen molar-refractivity contribution < 1.29 is 4.79 Å². The van der Waals surface area contributed by atoms with Crippen molar-refractivity contribution in [1.29, 1.82) is 0 Å². The molecule has 2 rings (SSSR count). The van der Waals surface area contributed by atoms with Crippen molar-refractivity contribution in [3.63, 3.8) is 0 Å². The lowest BCUT2D eigenvalue weighted by molar-refractivity contribution is -0.117. The molecule has 0 bridgehead atoms. The lowest BCUT2D eigenvalue weighted by Gasteiger charge is -2.17. The van der Waals surface area contributed by atoms with E-state index in [0.29, 0.717) is 11.5 Å². The topological polar surface area (TPSA) is 41.5 Å². The fraction of sp³-hybridized carbons (Fsp3) is 0.389. The van der Waals surface area contributed by atoms with Crippen molar-refractivity contribution in [1.82, 2.24) is 5.32 Å². The van der Waals surface area contributed by atoms with Gasteiger partial charge in [0.05, 0.1) is 0 Å². The molecule has 1 N–H and O–H groups in total. The van der Waals surface area contributed by atoms with Crippen LogP contribution in [0.5, 0.6) is 0 Å². The first-order valence-electron chi connectivity index (χ1n) is 14.3. The van der Waals surface area contributed by atoms with Crippen molar-refractivity contribution in [2.45, 2.75) is 73.6 Å². The van der Waals surface area contributed by atoms with Crippen molar-refractivity contribution in [2.75, 3.05) is 6.66 Å². The summed E-state index contributed by atoms with van der Waals surface area (Å²) in [7, 11) is 2.42. The summed E-state index contributed by atoms with van der Waals surface area (Å²) in [4.78, 5) is 15.4. The number of amidine groups is 1. The number of hydrogen-bond donors (Lipinski definition) is 1. The van der Waals surface area contributed by atoms with Crippen LogP contribution in [0.2, 0.25) is 0 Å². The quantitative estimate of drug-likeness (QED) is 0.134. The van der Waals surface area contributed by atoms with Gasteiger partial charge in [-0.25, -0.2) is 4.99 Å². The number of rotatable bonds is 10. The summed E-state index contributed by atoms with van der Waals surface area (Å²) in [6.07, 6.45) is 12.3. The molecule has 40 heavy (non-hydrogen) atoms. The lowest BCUT2D eigenvalue weighted by atomic mass is 9.89. The van der Waals surface area contributed by atoms with Gasteiger partial charge in [0.2, 0.25) is 5.91 Å². The molecule has 0 aromatic heterocycles. The van der Waals surface area contributed by atoms with Crippen LogP contribution in [0.1, 0.15) is 84.8 Å². The third-order valence-corrected chi connectivity index (χ3v) is 5.85. The van der Waals surface area contributed by atoms with E-state index in [0.717, 1.165) is 23.0 Å². The number of nitrogens with zero attached hydrogens (tertiary/aromatic N) is 1. The van der Waals surface area contributed by atoms with E-state index in [2.05, 4.69) is 71.9 Å². The van der Waals surface area contributed by atoms with E-state index in [4.69, 9.17) is 0 Å². The van der Waals surface area contributed by atoms with Crippen LogP contribution in [0, 0.1) is 11.8 Å². The van der Waals surface area contributed by atoms with Crippen LogP contribution in [-0.4, -0.2) is 18.4 Å². The summed E-state index contributed by atoms with van der Waals surface area (Å²) in [6.45, 7) is 21.6. The highest BCUT2D eigenvalue weighted by Gasteiger charge is 2.08. The fourth-order valence-corrected chi connectivity index (χ4v) is 3.67. The van der Waals surface area contributed by atoms with Gasteiger partial charge in [0, 0.05) is 12.5 Å². The van der Waals surface area contributed by atoms with Crippen molar-refractivity contribution in [2.24, 2.45) is 16.8 Å². The molecule has 0 aliphatic carbocycles. The monoisotopic (exact) mass is 560 g/mol. The molecule has 0 saturated carbocycles. The summed E-state index contributed by atoms with van der Waals surface area (Å²) in [5, 5.41) is 2.65. The maximum Gasteiger partial charge on any atom is 0.222 e. The second-order valence-electron chi connectivity index (χ2n) is 9.14. The third kappa shape index (κ3) is 20.7. The fourth-order valence-electron chi connectivity index (χ4n) is 3.67. The molecule has 3 atom stereocenters. The summed E-state index contributed by atoms with van der Waals surface area (Å²) in [5.74, 6) is 2.24. The van der Waals surface area contributed by atoms with Crippen LogP contribution in [0.4, 0.5) is 0 Å². The molecular weight excluding hydrogens is 507 g/mol. The van der Waals surface area contributed by atoms with Crippen molar-refractivity contribution >= 4 is 32.8 Å². The predicted octanol–water partition coefficient (Wildman–Crippen LogP) is 10.1. The minimum absolute atomic E-state index is 0.164. The number of aliphatic imine (C=N–C) groups is 1. The zero-order chi connectivity index (χ0) is 30.6. The summed E-state index contributed by atoms with van der Waals surface area (Å²) < 4.78 is 0. The Bertz CT molecular complexity index is 1060. The molecule has 3 unspecified atom stereocenters. The largest absolute Gasteiger partial charge is 0.311 e. The first-order valence-corrected chi connectivity index (χ1v) is 15.4. The molecule has 3 nitrogen and oxygen atoms in total. The van der Waals surface area contributed by atoms with Crippen LogP contribution in [0.15, 0.2) is 102 Å². The first kappa shape index (κ1) is 38.9. The van der Waals surface area contributed by atoms with Gasteiger partial charge in [0.1, 0.15) is 11.5 Å². The van der Waals surface area contributed by atoms with Crippen LogP contribution in [0.25, 0.3) is 11.8 Å². The maximum absolute atomic E-state index is 11.1. The molecular formula is C36H53N2OP. The first-order chi connectivity index (χ1) is 19.3. The number of allylic oxidation sites excluding steroid dienone is 1. The van der Waals surface area contributed by atoms with Crippen LogP contribution in [-0.2, 0) is 4.79 Å². The number of benzene rings is 2. The number of carbonyl (C=O) groups is 1. The number of hydrogen-bond acceptors (Lipinski definition) is 2. The van der Waals surface area contributed by atoms with E-state index < -0.39 is 0 Å². The van der Waals surface area contributed by atoms with Crippen LogP contribution < -0.4 is 5.32 Å². The molecule has 0 heterocycles. The standard InChI is InChI=1S/C15H16N2O.C11H24.C9H8.CH5P/c1-4-9-15(16-12(3)18)17-14(5-2)13-10-7-6-8-11-13;1-5-8-11(7-3)9-10(4)6-2;1-2-6-9-7-4-3-5-8-9;1-2/h4,6-11H,2H2,1,3H3,(H,16,17,18);10-11H,5-9H2,1-4H3;3-8H,1H2;2H2,1H3/b9-4-;;;. The highest BCUT2D eigenvalue weighted by molar-refractivity contribution is 7.15.